The molecule has 0 spiro atoms. The zero-order chi connectivity index (χ0) is 17.1. The molecule has 0 radical (unpaired) electrons. The molecular weight excluding hydrogens is 288 g/mol. The van der Waals surface area contributed by atoms with Crippen molar-refractivity contribution in [3.8, 4) is 0 Å². The highest BCUT2D eigenvalue weighted by Crippen LogP contribution is 2.26. The number of piperidine rings is 1. The van der Waals surface area contributed by atoms with Gasteiger partial charge < -0.3 is 15.7 Å². The molecule has 0 aliphatic carbocycles. The van der Waals surface area contributed by atoms with E-state index in [1.54, 1.807) is 0 Å². The zero-order valence-corrected chi connectivity index (χ0v) is 14.8. The van der Waals surface area contributed by atoms with Crippen molar-refractivity contribution in [2.75, 3.05) is 19.6 Å². The number of aliphatic hydroxyl groups excluding tert-OH is 1. The fourth-order valence-corrected chi connectivity index (χ4v) is 2.98. The van der Waals surface area contributed by atoms with Gasteiger partial charge in [0.2, 0.25) is 5.91 Å². The van der Waals surface area contributed by atoms with E-state index in [4.69, 9.17) is 0 Å². The third-order valence-electron chi connectivity index (χ3n) is 4.76. The normalized spacial score (nSPS) is 23.3. The van der Waals surface area contributed by atoms with Gasteiger partial charge in [0, 0.05) is 13.1 Å². The van der Waals surface area contributed by atoms with Crippen molar-refractivity contribution in [1.29, 1.82) is 0 Å². The van der Waals surface area contributed by atoms with Gasteiger partial charge in [0.15, 0.2) is 0 Å². The molecule has 23 heavy (non-hydrogen) atoms. The molecule has 1 aromatic carbocycles. The van der Waals surface area contributed by atoms with Crippen LogP contribution in [0.25, 0.3) is 0 Å². The van der Waals surface area contributed by atoms with E-state index in [0.717, 1.165) is 24.9 Å². The van der Waals surface area contributed by atoms with Crippen LogP contribution in [0, 0.1) is 5.41 Å². The Morgan fingerprint density at radius 1 is 1.35 bits per heavy atom. The lowest BCUT2D eigenvalue weighted by atomic mass is 9.82. The van der Waals surface area contributed by atoms with Gasteiger partial charge in [-0.05, 0) is 42.9 Å². The first kappa shape index (κ1) is 18.0. The second-order valence-corrected chi connectivity index (χ2v) is 7.94. The maximum absolute atomic E-state index is 12.4. The van der Waals surface area contributed by atoms with Gasteiger partial charge in [-0.15, -0.1) is 0 Å². The van der Waals surface area contributed by atoms with Crippen LogP contribution in [0.5, 0.6) is 0 Å². The van der Waals surface area contributed by atoms with Crippen molar-refractivity contribution in [1.82, 2.24) is 10.6 Å². The highest BCUT2D eigenvalue weighted by atomic mass is 16.3. The van der Waals surface area contributed by atoms with E-state index < -0.39 is 6.10 Å². The van der Waals surface area contributed by atoms with Crippen LogP contribution in [0.3, 0.4) is 0 Å². The molecule has 0 saturated carbocycles. The van der Waals surface area contributed by atoms with E-state index in [1.165, 1.54) is 5.56 Å². The summed E-state index contributed by atoms with van der Waals surface area (Å²) in [4.78, 5) is 12.4. The molecule has 3 N–H and O–H groups in total. The van der Waals surface area contributed by atoms with E-state index >= 15 is 0 Å². The summed E-state index contributed by atoms with van der Waals surface area (Å²) in [5.41, 5.74) is 1.80. The van der Waals surface area contributed by atoms with Gasteiger partial charge in [0.1, 0.15) is 0 Å². The van der Waals surface area contributed by atoms with Crippen LogP contribution < -0.4 is 10.6 Å². The quantitative estimate of drug-likeness (QED) is 0.799. The summed E-state index contributed by atoms with van der Waals surface area (Å²) in [6.45, 7) is 10.4. The van der Waals surface area contributed by atoms with Crippen molar-refractivity contribution in [3.63, 3.8) is 0 Å². The van der Waals surface area contributed by atoms with Gasteiger partial charge in [0.05, 0.1) is 11.5 Å². The van der Waals surface area contributed by atoms with Gasteiger partial charge in [-0.25, -0.2) is 0 Å². The number of rotatable bonds is 4. The van der Waals surface area contributed by atoms with E-state index in [-0.39, 0.29) is 23.3 Å². The molecule has 4 heteroatoms. The topological polar surface area (TPSA) is 61.4 Å². The Morgan fingerprint density at radius 3 is 2.52 bits per heavy atom. The second kappa shape index (κ2) is 7.02. The molecule has 128 valence electrons. The van der Waals surface area contributed by atoms with Crippen molar-refractivity contribution < 1.29 is 9.90 Å². The summed E-state index contributed by atoms with van der Waals surface area (Å²) in [5, 5.41) is 16.5. The Labute approximate surface area is 139 Å². The van der Waals surface area contributed by atoms with Crippen molar-refractivity contribution in [2.24, 2.45) is 5.41 Å². The van der Waals surface area contributed by atoms with Gasteiger partial charge >= 0.3 is 0 Å². The molecule has 0 aromatic heterocycles. The Morgan fingerprint density at radius 2 is 2.00 bits per heavy atom. The summed E-state index contributed by atoms with van der Waals surface area (Å²) in [7, 11) is 0. The average Bonchev–Trinajstić information content (AvgIpc) is 2.52. The average molecular weight is 318 g/mol. The highest BCUT2D eigenvalue weighted by Gasteiger charge is 2.34. The van der Waals surface area contributed by atoms with Crippen LogP contribution in [0.1, 0.15) is 57.8 Å². The second-order valence-electron chi connectivity index (χ2n) is 7.94. The van der Waals surface area contributed by atoms with Crippen molar-refractivity contribution in [2.45, 2.75) is 52.1 Å². The summed E-state index contributed by atoms with van der Waals surface area (Å²) in [6, 6.07) is 7.99. The molecule has 1 aromatic rings. The molecule has 1 heterocycles. The first-order valence-electron chi connectivity index (χ1n) is 8.50. The molecule has 4 nitrogen and oxygen atoms in total. The molecule has 2 rings (SSSR count). The largest absolute Gasteiger partial charge is 0.387 e. The number of carbonyl (C=O) groups excluding carboxylic acids is 1. The smallest absolute Gasteiger partial charge is 0.227 e. The predicted octanol–water partition coefficient (Wildman–Crippen LogP) is 2.52. The van der Waals surface area contributed by atoms with E-state index in [9.17, 15) is 9.90 Å². The highest BCUT2D eigenvalue weighted by molar-refractivity contribution is 5.82. The lowest BCUT2D eigenvalue weighted by molar-refractivity contribution is -0.131. The van der Waals surface area contributed by atoms with Gasteiger partial charge in [-0.3, -0.25) is 4.79 Å². The molecule has 1 amide bonds. The molecule has 2 atom stereocenters. The molecule has 1 aliphatic heterocycles. The van der Waals surface area contributed by atoms with Gasteiger partial charge in [-0.2, -0.15) is 0 Å². The maximum Gasteiger partial charge on any atom is 0.227 e. The van der Waals surface area contributed by atoms with Crippen LogP contribution in [0.2, 0.25) is 0 Å². The standard InChI is InChI=1S/C19H30N2O2/c1-18(2,3)15-8-6-14(7-9-15)16(22)12-21-17(23)19(4)10-5-11-20-13-19/h6-9,16,20,22H,5,10-13H2,1-4H3,(H,21,23). The maximum atomic E-state index is 12.4. The first-order valence-corrected chi connectivity index (χ1v) is 8.50. The van der Waals surface area contributed by atoms with E-state index in [2.05, 4.69) is 31.4 Å². The summed E-state index contributed by atoms with van der Waals surface area (Å²) in [6.07, 6.45) is 1.23. The lowest BCUT2D eigenvalue weighted by Crippen LogP contribution is -2.49. The molecule has 1 aliphatic rings. The minimum Gasteiger partial charge on any atom is -0.387 e. The molecule has 0 bridgehead atoms. The fourth-order valence-electron chi connectivity index (χ4n) is 2.98. The molecular formula is C19H30N2O2. The predicted molar refractivity (Wildman–Crippen MR) is 93.3 cm³/mol. The third kappa shape index (κ3) is 4.55. The number of hydrogen-bond donors (Lipinski definition) is 3. The zero-order valence-electron chi connectivity index (χ0n) is 14.8. The van der Waals surface area contributed by atoms with Crippen LogP contribution in [0.4, 0.5) is 0 Å². The number of nitrogens with one attached hydrogen (secondary N) is 2. The number of amides is 1. The summed E-state index contributed by atoms with van der Waals surface area (Å²) >= 11 is 0. The Bertz CT molecular complexity index is 525. The first-order chi connectivity index (χ1) is 10.7. The molecule has 1 saturated heterocycles. The van der Waals surface area contributed by atoms with E-state index in [0.29, 0.717) is 6.54 Å². The minimum atomic E-state index is -0.673. The van der Waals surface area contributed by atoms with E-state index in [1.807, 2.05) is 31.2 Å². The molecule has 2 unspecified atom stereocenters. The van der Waals surface area contributed by atoms with Crippen LogP contribution >= 0.6 is 0 Å². The number of benzene rings is 1. The number of carbonyl (C=O) groups is 1. The Hall–Kier alpha value is -1.39. The van der Waals surface area contributed by atoms with Crippen LogP contribution in [-0.4, -0.2) is 30.6 Å². The monoisotopic (exact) mass is 318 g/mol. The van der Waals surface area contributed by atoms with Crippen LogP contribution in [0.15, 0.2) is 24.3 Å². The summed E-state index contributed by atoms with van der Waals surface area (Å²) in [5.74, 6) is 0.0232. The lowest BCUT2D eigenvalue weighted by Gasteiger charge is -2.33. The number of aliphatic hydroxyl groups is 1. The Kier molecular flexibility index (Phi) is 5.48. The van der Waals surface area contributed by atoms with Crippen LogP contribution in [-0.2, 0) is 10.2 Å². The third-order valence-corrected chi connectivity index (χ3v) is 4.76. The SMILES string of the molecule is CC1(C(=O)NCC(O)c2ccc(C(C)(C)C)cc2)CCCNC1. The van der Waals surface area contributed by atoms with Crippen molar-refractivity contribution in [3.05, 3.63) is 35.4 Å². The molecule has 1 fully saturated rings. The van der Waals surface area contributed by atoms with Gasteiger partial charge in [0.25, 0.3) is 0 Å². The number of hydrogen-bond acceptors (Lipinski definition) is 3. The minimum absolute atomic E-state index is 0.0232. The Balaban J connectivity index is 1.91. The van der Waals surface area contributed by atoms with Gasteiger partial charge in [-0.1, -0.05) is 45.0 Å². The fraction of sp³-hybridized carbons (Fsp3) is 0.632. The summed E-state index contributed by atoms with van der Waals surface area (Å²) < 4.78 is 0. The van der Waals surface area contributed by atoms with Crippen molar-refractivity contribution >= 4 is 5.91 Å².